The molecule has 0 bridgehead atoms. The molecule has 1 aromatic carbocycles. The Bertz CT molecular complexity index is 397. The summed E-state index contributed by atoms with van der Waals surface area (Å²) in [5, 5.41) is 9.63. The molecular weight excluding hydrogens is 217 g/mol. The van der Waals surface area contributed by atoms with E-state index in [1.165, 1.54) is 19.8 Å². The lowest BCUT2D eigenvalue weighted by Gasteiger charge is -2.28. The summed E-state index contributed by atoms with van der Waals surface area (Å²) in [6.07, 6.45) is 3.34. The topological polar surface area (TPSA) is 46.2 Å². The molecule has 0 radical (unpaired) electrons. The van der Waals surface area contributed by atoms with Crippen molar-refractivity contribution in [3.8, 4) is 5.75 Å². The van der Waals surface area contributed by atoms with Gasteiger partial charge in [-0.3, -0.25) is 0 Å². The molecule has 0 spiro atoms. The summed E-state index contributed by atoms with van der Waals surface area (Å²) in [5.41, 5.74) is 7.36. The average molecular weight is 237 g/mol. The van der Waals surface area contributed by atoms with Crippen molar-refractivity contribution in [2.75, 3.05) is 6.54 Å². The van der Waals surface area contributed by atoms with E-state index in [9.17, 15) is 9.50 Å². The van der Waals surface area contributed by atoms with Crippen molar-refractivity contribution in [1.82, 2.24) is 0 Å². The van der Waals surface area contributed by atoms with Crippen LogP contribution in [-0.2, 0) is 5.41 Å². The summed E-state index contributed by atoms with van der Waals surface area (Å²) in [5.74, 6) is 0.0360. The second-order valence-corrected chi connectivity index (χ2v) is 5.08. The standard InChI is InChI=1S/C14H20FNO/c1-10(15)12-8-11(4-5-13(12)17)14(9-16)6-2-3-7-14/h4-5,8,10,17H,2-3,6-7,9,16H2,1H3. The largest absolute Gasteiger partial charge is 0.508 e. The molecule has 0 saturated heterocycles. The van der Waals surface area contributed by atoms with Crippen LogP contribution in [0, 0.1) is 0 Å². The number of phenols is 1. The molecule has 3 N–H and O–H groups in total. The fourth-order valence-electron chi connectivity index (χ4n) is 2.87. The van der Waals surface area contributed by atoms with E-state index >= 15 is 0 Å². The predicted octanol–water partition coefficient (Wildman–Crippen LogP) is 3.19. The van der Waals surface area contributed by atoms with E-state index in [-0.39, 0.29) is 11.2 Å². The van der Waals surface area contributed by atoms with Gasteiger partial charge in [0.1, 0.15) is 11.9 Å². The van der Waals surface area contributed by atoms with Crippen molar-refractivity contribution in [2.45, 2.75) is 44.2 Å². The van der Waals surface area contributed by atoms with E-state index in [1.807, 2.05) is 6.07 Å². The summed E-state index contributed by atoms with van der Waals surface area (Å²) in [4.78, 5) is 0. The molecule has 0 aromatic heterocycles. The number of hydrogen-bond acceptors (Lipinski definition) is 2. The maximum absolute atomic E-state index is 13.4. The highest BCUT2D eigenvalue weighted by molar-refractivity contribution is 5.41. The van der Waals surface area contributed by atoms with E-state index in [0.717, 1.165) is 18.4 Å². The molecule has 2 rings (SSSR count). The summed E-state index contributed by atoms with van der Waals surface area (Å²) in [7, 11) is 0. The lowest BCUT2D eigenvalue weighted by molar-refractivity contribution is 0.354. The Morgan fingerprint density at radius 1 is 1.41 bits per heavy atom. The number of hydrogen-bond donors (Lipinski definition) is 2. The van der Waals surface area contributed by atoms with E-state index in [2.05, 4.69) is 0 Å². The minimum atomic E-state index is -1.15. The van der Waals surface area contributed by atoms with Crippen LogP contribution >= 0.6 is 0 Å². The molecule has 1 saturated carbocycles. The van der Waals surface area contributed by atoms with Crippen molar-refractivity contribution >= 4 is 0 Å². The number of aromatic hydroxyl groups is 1. The van der Waals surface area contributed by atoms with Crippen molar-refractivity contribution in [3.05, 3.63) is 29.3 Å². The van der Waals surface area contributed by atoms with Gasteiger partial charge in [-0.2, -0.15) is 0 Å². The monoisotopic (exact) mass is 237 g/mol. The molecule has 1 unspecified atom stereocenters. The second kappa shape index (κ2) is 4.65. The van der Waals surface area contributed by atoms with Crippen molar-refractivity contribution < 1.29 is 9.50 Å². The third-order valence-electron chi connectivity index (χ3n) is 4.02. The van der Waals surface area contributed by atoms with Crippen LogP contribution in [0.2, 0.25) is 0 Å². The molecule has 3 heteroatoms. The van der Waals surface area contributed by atoms with E-state index < -0.39 is 6.17 Å². The van der Waals surface area contributed by atoms with Gasteiger partial charge in [0.05, 0.1) is 0 Å². The first-order valence-corrected chi connectivity index (χ1v) is 6.26. The number of nitrogens with two attached hydrogens (primary N) is 1. The van der Waals surface area contributed by atoms with E-state index in [1.54, 1.807) is 12.1 Å². The summed E-state index contributed by atoms with van der Waals surface area (Å²) < 4.78 is 13.4. The van der Waals surface area contributed by atoms with Gasteiger partial charge in [0, 0.05) is 17.5 Å². The van der Waals surface area contributed by atoms with Gasteiger partial charge in [-0.25, -0.2) is 4.39 Å². The van der Waals surface area contributed by atoms with Crippen molar-refractivity contribution in [3.63, 3.8) is 0 Å². The van der Waals surface area contributed by atoms with Crippen LogP contribution in [0.1, 0.15) is 49.9 Å². The van der Waals surface area contributed by atoms with Crippen molar-refractivity contribution in [2.24, 2.45) is 5.73 Å². The third-order valence-corrected chi connectivity index (χ3v) is 4.02. The highest BCUT2D eigenvalue weighted by atomic mass is 19.1. The molecule has 2 nitrogen and oxygen atoms in total. The average Bonchev–Trinajstić information content (AvgIpc) is 2.79. The Balaban J connectivity index is 2.41. The molecule has 1 aliphatic carbocycles. The molecule has 1 atom stereocenters. The first-order chi connectivity index (χ1) is 8.09. The Kier molecular flexibility index (Phi) is 3.38. The molecule has 1 fully saturated rings. The maximum atomic E-state index is 13.4. The van der Waals surface area contributed by atoms with Gasteiger partial charge >= 0.3 is 0 Å². The predicted molar refractivity (Wildman–Crippen MR) is 66.8 cm³/mol. The van der Waals surface area contributed by atoms with Gasteiger partial charge in [0.25, 0.3) is 0 Å². The van der Waals surface area contributed by atoms with Gasteiger partial charge in [0.15, 0.2) is 0 Å². The van der Waals surface area contributed by atoms with Crippen LogP contribution in [0.15, 0.2) is 18.2 Å². The van der Waals surface area contributed by atoms with Crippen molar-refractivity contribution in [1.29, 1.82) is 0 Å². The minimum Gasteiger partial charge on any atom is -0.508 e. The van der Waals surface area contributed by atoms with Crippen LogP contribution in [0.3, 0.4) is 0 Å². The van der Waals surface area contributed by atoms with Crippen LogP contribution in [0.25, 0.3) is 0 Å². The molecule has 0 amide bonds. The Morgan fingerprint density at radius 3 is 2.59 bits per heavy atom. The zero-order chi connectivity index (χ0) is 12.5. The smallest absolute Gasteiger partial charge is 0.126 e. The zero-order valence-corrected chi connectivity index (χ0v) is 10.2. The van der Waals surface area contributed by atoms with E-state index in [4.69, 9.17) is 5.73 Å². The number of alkyl halides is 1. The number of benzene rings is 1. The summed E-state index contributed by atoms with van der Waals surface area (Å²) >= 11 is 0. The number of phenolic OH excluding ortho intramolecular Hbond substituents is 1. The molecule has 0 heterocycles. The fraction of sp³-hybridized carbons (Fsp3) is 0.571. The Labute approximate surface area is 102 Å². The van der Waals surface area contributed by atoms with Crippen LogP contribution in [-0.4, -0.2) is 11.7 Å². The number of halogens is 1. The Hall–Kier alpha value is -1.09. The van der Waals surface area contributed by atoms with Gasteiger partial charge in [-0.05, 0) is 37.5 Å². The van der Waals surface area contributed by atoms with Crippen LogP contribution in [0.5, 0.6) is 5.75 Å². The maximum Gasteiger partial charge on any atom is 0.126 e. The van der Waals surface area contributed by atoms with Gasteiger partial charge in [-0.15, -0.1) is 0 Å². The van der Waals surface area contributed by atoms with Crippen LogP contribution in [0.4, 0.5) is 4.39 Å². The zero-order valence-electron chi connectivity index (χ0n) is 10.2. The van der Waals surface area contributed by atoms with Crippen LogP contribution < -0.4 is 5.73 Å². The van der Waals surface area contributed by atoms with Gasteiger partial charge in [-0.1, -0.05) is 18.9 Å². The molecule has 94 valence electrons. The normalized spacial score (nSPS) is 20.4. The summed E-state index contributed by atoms with van der Waals surface area (Å²) in [6.45, 7) is 2.04. The highest BCUT2D eigenvalue weighted by Gasteiger charge is 2.34. The molecular formula is C14H20FNO. The SMILES string of the molecule is CC(F)c1cc(C2(CN)CCCC2)ccc1O. The highest BCUT2D eigenvalue weighted by Crippen LogP contribution is 2.42. The number of rotatable bonds is 3. The lowest BCUT2D eigenvalue weighted by atomic mass is 9.78. The molecule has 1 aliphatic rings. The molecule has 17 heavy (non-hydrogen) atoms. The Morgan fingerprint density at radius 2 is 2.06 bits per heavy atom. The lowest BCUT2D eigenvalue weighted by Crippen LogP contribution is -2.32. The summed E-state index contributed by atoms with van der Waals surface area (Å²) in [6, 6.07) is 5.27. The fourth-order valence-corrected chi connectivity index (χ4v) is 2.87. The third kappa shape index (κ3) is 2.16. The first kappa shape index (κ1) is 12.4. The molecule has 1 aromatic rings. The van der Waals surface area contributed by atoms with E-state index in [0.29, 0.717) is 12.1 Å². The second-order valence-electron chi connectivity index (χ2n) is 5.08. The minimum absolute atomic E-state index is 0.00264. The molecule has 0 aliphatic heterocycles. The van der Waals surface area contributed by atoms with Gasteiger partial charge < -0.3 is 10.8 Å². The quantitative estimate of drug-likeness (QED) is 0.848. The van der Waals surface area contributed by atoms with Gasteiger partial charge in [0.2, 0.25) is 0 Å². The first-order valence-electron chi connectivity index (χ1n) is 6.26.